The molecule has 0 aliphatic carbocycles. The molecule has 0 saturated heterocycles. The highest BCUT2D eigenvalue weighted by Crippen LogP contribution is 2.14. The molecule has 134 valence electrons. The molecule has 0 spiro atoms. The predicted molar refractivity (Wildman–Crippen MR) is 96.3 cm³/mol. The fourth-order valence-corrected chi connectivity index (χ4v) is 2.50. The van der Waals surface area contributed by atoms with Crippen molar-refractivity contribution in [2.24, 2.45) is 0 Å². The van der Waals surface area contributed by atoms with Crippen LogP contribution in [0.4, 0.5) is 10.1 Å². The van der Waals surface area contributed by atoms with Crippen LogP contribution in [0.1, 0.15) is 5.56 Å². The van der Waals surface area contributed by atoms with Gasteiger partial charge < -0.3 is 10.1 Å². The van der Waals surface area contributed by atoms with Gasteiger partial charge in [-0.3, -0.25) is 13.9 Å². The van der Waals surface area contributed by atoms with Crippen LogP contribution in [0.2, 0.25) is 0 Å². The summed E-state index contributed by atoms with van der Waals surface area (Å²) in [6.45, 7) is 1.47. The lowest BCUT2D eigenvalue weighted by molar-refractivity contribution is -0.116. The van der Waals surface area contributed by atoms with Crippen molar-refractivity contribution in [1.29, 1.82) is 0 Å². The van der Waals surface area contributed by atoms with Crippen LogP contribution >= 0.6 is 0 Å². The van der Waals surface area contributed by atoms with Gasteiger partial charge in [-0.2, -0.15) is 0 Å². The largest absolute Gasteiger partial charge is 0.497 e. The smallest absolute Gasteiger partial charge is 0.333 e. The highest BCUT2D eigenvalue weighted by Gasteiger charge is 2.10. The van der Waals surface area contributed by atoms with Gasteiger partial charge in [0.2, 0.25) is 5.91 Å². The van der Waals surface area contributed by atoms with Crippen LogP contribution in [0.3, 0.4) is 0 Å². The maximum Gasteiger partial charge on any atom is 0.333 e. The van der Waals surface area contributed by atoms with Gasteiger partial charge in [0.15, 0.2) is 0 Å². The molecule has 7 heteroatoms. The number of imidazole rings is 1. The fourth-order valence-electron chi connectivity index (χ4n) is 2.50. The molecule has 0 fully saturated rings. The number of methoxy groups -OCH3 is 1. The molecule has 0 aliphatic rings. The molecule has 0 aliphatic heterocycles. The first-order chi connectivity index (χ1) is 12.5. The Balaban J connectivity index is 1.74. The van der Waals surface area contributed by atoms with Crippen molar-refractivity contribution in [3.8, 4) is 11.4 Å². The monoisotopic (exact) mass is 355 g/mol. The third kappa shape index (κ3) is 3.66. The van der Waals surface area contributed by atoms with Gasteiger partial charge in [-0.1, -0.05) is 6.07 Å². The highest BCUT2D eigenvalue weighted by atomic mass is 19.1. The summed E-state index contributed by atoms with van der Waals surface area (Å²) < 4.78 is 21.4. The van der Waals surface area contributed by atoms with E-state index < -0.39 is 11.7 Å². The predicted octanol–water partition coefficient (Wildman–Crippen LogP) is 2.73. The van der Waals surface area contributed by atoms with Crippen molar-refractivity contribution in [2.75, 3.05) is 12.4 Å². The number of carbonyl (C=O) groups is 1. The van der Waals surface area contributed by atoms with E-state index >= 15 is 0 Å². The standard InChI is InChI=1S/C19H18FN3O3/c1-13-3-4-14(11-17(13)20)21-18(24)12-22-9-10-23(19(22)25)15-5-7-16(26-2)8-6-15/h3-11H,12H2,1-2H3,(H,21,24). The number of nitrogens with one attached hydrogen (secondary N) is 1. The van der Waals surface area contributed by atoms with Gasteiger partial charge in [0.1, 0.15) is 18.1 Å². The number of nitrogens with zero attached hydrogens (tertiary/aromatic N) is 2. The van der Waals surface area contributed by atoms with Crippen molar-refractivity contribution < 1.29 is 13.9 Å². The number of benzene rings is 2. The second-order valence-corrected chi connectivity index (χ2v) is 5.79. The molecule has 0 bridgehead atoms. The number of halogens is 1. The minimum absolute atomic E-state index is 0.169. The lowest BCUT2D eigenvalue weighted by Gasteiger charge is -2.07. The SMILES string of the molecule is COc1ccc(-n2ccn(CC(=O)Nc3ccc(C)c(F)c3)c2=O)cc1. The van der Waals surface area contributed by atoms with Crippen LogP contribution in [0.5, 0.6) is 5.75 Å². The molecule has 2 aromatic carbocycles. The summed E-state index contributed by atoms with van der Waals surface area (Å²) in [5.41, 5.74) is 1.16. The molecular weight excluding hydrogens is 337 g/mol. The summed E-state index contributed by atoms with van der Waals surface area (Å²) in [5, 5.41) is 2.59. The first kappa shape index (κ1) is 17.5. The average Bonchev–Trinajstić information content (AvgIpc) is 2.99. The van der Waals surface area contributed by atoms with Crippen molar-refractivity contribution in [2.45, 2.75) is 13.5 Å². The molecule has 6 nitrogen and oxygen atoms in total. The number of aryl methyl sites for hydroxylation is 1. The number of ether oxygens (including phenoxy) is 1. The van der Waals surface area contributed by atoms with Gasteiger partial charge in [-0.15, -0.1) is 0 Å². The van der Waals surface area contributed by atoms with E-state index in [0.717, 1.165) is 0 Å². The van der Waals surface area contributed by atoms with E-state index in [1.807, 2.05) is 0 Å². The molecule has 26 heavy (non-hydrogen) atoms. The molecule has 0 radical (unpaired) electrons. The van der Waals surface area contributed by atoms with Crippen LogP contribution in [0.15, 0.2) is 59.7 Å². The van der Waals surface area contributed by atoms with E-state index in [4.69, 9.17) is 4.74 Å². The average molecular weight is 355 g/mol. The van der Waals surface area contributed by atoms with E-state index in [1.54, 1.807) is 56.6 Å². The quantitative estimate of drug-likeness (QED) is 0.765. The Morgan fingerprint density at radius 1 is 1.15 bits per heavy atom. The minimum Gasteiger partial charge on any atom is -0.497 e. The van der Waals surface area contributed by atoms with Gasteiger partial charge in [-0.25, -0.2) is 9.18 Å². The Bertz CT molecular complexity index is 990. The number of anilines is 1. The lowest BCUT2D eigenvalue weighted by Crippen LogP contribution is -2.28. The minimum atomic E-state index is -0.414. The van der Waals surface area contributed by atoms with Crippen LogP contribution in [-0.2, 0) is 11.3 Å². The number of amides is 1. The van der Waals surface area contributed by atoms with E-state index in [9.17, 15) is 14.0 Å². The zero-order chi connectivity index (χ0) is 18.7. The molecule has 3 rings (SSSR count). The van der Waals surface area contributed by atoms with Crippen molar-refractivity contribution in [3.63, 3.8) is 0 Å². The molecule has 1 aromatic heterocycles. The zero-order valence-corrected chi connectivity index (χ0v) is 14.4. The van der Waals surface area contributed by atoms with Gasteiger partial charge in [-0.05, 0) is 48.9 Å². The summed E-state index contributed by atoms with van der Waals surface area (Å²) in [6.07, 6.45) is 3.12. The third-order valence-corrected chi connectivity index (χ3v) is 3.97. The number of aromatic nitrogens is 2. The molecule has 3 aromatic rings. The van der Waals surface area contributed by atoms with E-state index in [-0.39, 0.29) is 12.2 Å². The number of hydrogen-bond donors (Lipinski definition) is 1. The van der Waals surface area contributed by atoms with Gasteiger partial charge in [0.25, 0.3) is 0 Å². The fraction of sp³-hybridized carbons (Fsp3) is 0.158. The Kier molecular flexibility index (Phi) is 4.88. The van der Waals surface area contributed by atoms with Crippen LogP contribution in [0.25, 0.3) is 5.69 Å². The van der Waals surface area contributed by atoms with Gasteiger partial charge in [0.05, 0.1) is 12.8 Å². The van der Waals surface area contributed by atoms with Crippen molar-refractivity contribution in [1.82, 2.24) is 9.13 Å². The summed E-state index contributed by atoms with van der Waals surface area (Å²) >= 11 is 0. The summed E-state index contributed by atoms with van der Waals surface area (Å²) in [6, 6.07) is 11.4. The Labute approximate surface area is 149 Å². The number of hydrogen-bond acceptors (Lipinski definition) is 3. The van der Waals surface area contributed by atoms with E-state index in [2.05, 4.69) is 5.32 Å². The maximum absolute atomic E-state index is 13.5. The van der Waals surface area contributed by atoms with Gasteiger partial charge in [0, 0.05) is 18.1 Å². The number of rotatable bonds is 5. The molecule has 1 N–H and O–H groups in total. The lowest BCUT2D eigenvalue weighted by atomic mass is 10.2. The third-order valence-electron chi connectivity index (χ3n) is 3.97. The molecule has 1 amide bonds. The molecule has 1 heterocycles. The zero-order valence-electron chi connectivity index (χ0n) is 14.4. The van der Waals surface area contributed by atoms with Crippen molar-refractivity contribution >= 4 is 11.6 Å². The molecule has 0 saturated carbocycles. The van der Waals surface area contributed by atoms with E-state index in [0.29, 0.717) is 22.7 Å². The first-order valence-corrected chi connectivity index (χ1v) is 7.96. The molecular formula is C19H18FN3O3. The summed E-state index contributed by atoms with van der Waals surface area (Å²) in [7, 11) is 1.57. The first-order valence-electron chi connectivity index (χ1n) is 7.96. The van der Waals surface area contributed by atoms with Crippen LogP contribution in [-0.4, -0.2) is 22.2 Å². The maximum atomic E-state index is 13.5. The second-order valence-electron chi connectivity index (χ2n) is 5.79. The Morgan fingerprint density at radius 3 is 2.54 bits per heavy atom. The summed E-state index contributed by atoms with van der Waals surface area (Å²) in [4.78, 5) is 24.6. The van der Waals surface area contributed by atoms with Crippen LogP contribution in [0, 0.1) is 12.7 Å². The van der Waals surface area contributed by atoms with E-state index in [1.165, 1.54) is 21.4 Å². The topological polar surface area (TPSA) is 65.3 Å². The van der Waals surface area contributed by atoms with Crippen LogP contribution < -0.4 is 15.7 Å². The van der Waals surface area contributed by atoms with Crippen molar-refractivity contribution in [3.05, 3.63) is 76.7 Å². The Morgan fingerprint density at radius 2 is 1.88 bits per heavy atom. The van der Waals surface area contributed by atoms with Gasteiger partial charge >= 0.3 is 5.69 Å². The molecule has 0 unspecified atom stereocenters. The normalized spacial score (nSPS) is 10.6. The number of carbonyl (C=O) groups excluding carboxylic acids is 1. The second kappa shape index (κ2) is 7.26. The Hall–Kier alpha value is -3.35. The highest BCUT2D eigenvalue weighted by molar-refractivity contribution is 5.90. The molecule has 0 atom stereocenters. The summed E-state index contributed by atoms with van der Waals surface area (Å²) in [5.74, 6) is -0.126.